The Kier molecular flexibility index (Phi) is 3.79. The van der Waals surface area contributed by atoms with Crippen LogP contribution in [0.1, 0.15) is 43.6 Å². The Balaban J connectivity index is 1.92. The summed E-state index contributed by atoms with van der Waals surface area (Å²) in [7, 11) is 0. The molecule has 3 nitrogen and oxygen atoms in total. The second-order valence-corrected chi connectivity index (χ2v) is 6.28. The zero-order valence-electron chi connectivity index (χ0n) is 11.3. The molecule has 2 amide bonds. The molecule has 0 spiro atoms. The molecule has 0 radical (unpaired) electrons. The molecule has 2 fully saturated rings. The van der Waals surface area contributed by atoms with Gasteiger partial charge in [0.15, 0.2) is 0 Å². The Hall–Kier alpha value is -1.35. The van der Waals surface area contributed by atoms with E-state index < -0.39 is 0 Å². The molecule has 1 aliphatic heterocycles. The number of nitrogens with one attached hydrogen (secondary N) is 1. The molecule has 0 bridgehead atoms. The van der Waals surface area contributed by atoms with Crippen LogP contribution in [0, 0.1) is 11.8 Å². The smallest absolute Gasteiger partial charge is 0.230 e. The van der Waals surface area contributed by atoms with E-state index >= 15 is 0 Å². The minimum absolute atomic E-state index is 0.00313. The topological polar surface area (TPSA) is 46.2 Å². The van der Waals surface area contributed by atoms with Crippen LogP contribution in [0.5, 0.6) is 0 Å². The van der Waals surface area contributed by atoms with E-state index in [1.54, 1.807) is 0 Å². The first kappa shape index (κ1) is 13.6. The van der Waals surface area contributed by atoms with Gasteiger partial charge < -0.3 is 0 Å². The molecule has 1 aromatic carbocycles. The van der Waals surface area contributed by atoms with Crippen LogP contribution in [0.3, 0.4) is 0 Å². The molecule has 3 rings (SSSR count). The number of halogens is 1. The first-order valence-corrected chi connectivity index (χ1v) is 7.62. The number of imide groups is 1. The van der Waals surface area contributed by atoms with Gasteiger partial charge >= 0.3 is 0 Å². The summed E-state index contributed by atoms with van der Waals surface area (Å²) in [4.78, 5) is 24.0. The molecule has 2 atom stereocenters. The lowest BCUT2D eigenvalue weighted by atomic mass is 9.73. The third-order valence-corrected chi connectivity index (χ3v) is 4.86. The number of carbonyl (C=O) groups excluding carboxylic acids is 2. The molecular weight excluding hydrogens is 274 g/mol. The number of hydrogen-bond donors (Lipinski definition) is 1. The second-order valence-electron chi connectivity index (χ2n) is 5.84. The van der Waals surface area contributed by atoms with E-state index in [2.05, 4.69) is 5.32 Å². The molecular formula is C16H18ClNO2. The van der Waals surface area contributed by atoms with Gasteiger partial charge in [0.25, 0.3) is 0 Å². The maximum Gasteiger partial charge on any atom is 0.230 e. The van der Waals surface area contributed by atoms with Crippen LogP contribution in [-0.2, 0) is 9.59 Å². The van der Waals surface area contributed by atoms with Crippen molar-refractivity contribution < 1.29 is 9.59 Å². The van der Waals surface area contributed by atoms with E-state index in [9.17, 15) is 9.59 Å². The summed E-state index contributed by atoms with van der Waals surface area (Å²) in [6.45, 7) is 0. The summed E-state index contributed by atoms with van der Waals surface area (Å²) in [6, 6.07) is 7.56. The van der Waals surface area contributed by atoms with Crippen molar-refractivity contribution in [3.05, 3.63) is 34.9 Å². The van der Waals surface area contributed by atoms with Gasteiger partial charge in [-0.25, -0.2) is 0 Å². The van der Waals surface area contributed by atoms with Crippen molar-refractivity contribution in [2.75, 3.05) is 0 Å². The Morgan fingerprint density at radius 2 is 1.70 bits per heavy atom. The first-order chi connectivity index (χ1) is 9.65. The maximum absolute atomic E-state index is 12.3. The zero-order chi connectivity index (χ0) is 14.1. The van der Waals surface area contributed by atoms with E-state index in [4.69, 9.17) is 11.6 Å². The average Bonchev–Trinajstić information content (AvgIpc) is 2.92. The lowest BCUT2D eigenvalue weighted by Gasteiger charge is -2.34. The Labute approximate surface area is 123 Å². The quantitative estimate of drug-likeness (QED) is 0.850. The minimum atomic E-state index is -0.163. The third kappa shape index (κ3) is 2.59. The molecule has 0 aromatic heterocycles. The van der Waals surface area contributed by atoms with Crippen molar-refractivity contribution in [2.24, 2.45) is 11.8 Å². The van der Waals surface area contributed by atoms with Gasteiger partial charge in [0.1, 0.15) is 0 Å². The summed E-state index contributed by atoms with van der Waals surface area (Å²) in [5.74, 6) is 0.0778. The fourth-order valence-electron chi connectivity index (χ4n) is 3.68. The van der Waals surface area contributed by atoms with Crippen LogP contribution < -0.4 is 5.32 Å². The highest BCUT2D eigenvalue weighted by Gasteiger charge is 2.42. The summed E-state index contributed by atoms with van der Waals surface area (Å²) < 4.78 is 0. The molecule has 1 saturated heterocycles. The summed E-state index contributed by atoms with van der Waals surface area (Å²) >= 11 is 5.93. The van der Waals surface area contributed by atoms with E-state index in [1.165, 1.54) is 12.8 Å². The largest absolute Gasteiger partial charge is 0.296 e. The molecule has 2 aliphatic rings. The lowest BCUT2D eigenvalue weighted by Crippen LogP contribution is -2.47. The number of hydrogen-bond acceptors (Lipinski definition) is 2. The van der Waals surface area contributed by atoms with Gasteiger partial charge in [-0.1, -0.05) is 36.6 Å². The van der Waals surface area contributed by atoms with Crippen molar-refractivity contribution in [3.63, 3.8) is 0 Å². The molecule has 1 N–H and O–H groups in total. The Morgan fingerprint density at radius 1 is 1.05 bits per heavy atom. The summed E-state index contributed by atoms with van der Waals surface area (Å²) in [6.07, 6.45) is 4.97. The number of carbonyl (C=O) groups is 2. The van der Waals surface area contributed by atoms with Gasteiger partial charge in [0, 0.05) is 23.3 Å². The van der Waals surface area contributed by atoms with Crippen molar-refractivity contribution in [3.8, 4) is 0 Å². The highest BCUT2D eigenvalue weighted by atomic mass is 35.5. The van der Waals surface area contributed by atoms with Crippen LogP contribution in [-0.4, -0.2) is 11.8 Å². The Morgan fingerprint density at radius 3 is 2.35 bits per heavy atom. The lowest BCUT2D eigenvalue weighted by molar-refractivity contribution is -0.138. The fourth-order valence-corrected chi connectivity index (χ4v) is 3.80. The number of benzene rings is 1. The van der Waals surface area contributed by atoms with Gasteiger partial charge in [0.2, 0.25) is 11.8 Å². The normalized spacial score (nSPS) is 27.6. The SMILES string of the molecule is O=C1CC(c2ccc(Cl)cc2)C(C2CCCC2)C(=O)N1. The van der Waals surface area contributed by atoms with Crippen LogP contribution in [0.25, 0.3) is 0 Å². The highest BCUT2D eigenvalue weighted by Crippen LogP contribution is 2.42. The second kappa shape index (κ2) is 5.57. The van der Waals surface area contributed by atoms with E-state index in [-0.39, 0.29) is 23.7 Å². The predicted octanol–water partition coefficient (Wildman–Crippen LogP) is 3.28. The molecule has 1 heterocycles. The van der Waals surface area contributed by atoms with E-state index in [0.29, 0.717) is 17.4 Å². The van der Waals surface area contributed by atoms with Gasteiger partial charge in [-0.15, -0.1) is 0 Å². The summed E-state index contributed by atoms with van der Waals surface area (Å²) in [5.41, 5.74) is 1.05. The highest BCUT2D eigenvalue weighted by molar-refractivity contribution is 6.30. The van der Waals surface area contributed by atoms with Crippen LogP contribution in [0.15, 0.2) is 24.3 Å². The number of amides is 2. The number of piperidine rings is 1. The van der Waals surface area contributed by atoms with Gasteiger partial charge in [-0.05, 0) is 36.5 Å². The van der Waals surface area contributed by atoms with E-state index in [1.807, 2.05) is 24.3 Å². The van der Waals surface area contributed by atoms with E-state index in [0.717, 1.165) is 18.4 Å². The molecule has 2 unspecified atom stereocenters. The molecule has 1 aromatic rings. The monoisotopic (exact) mass is 291 g/mol. The molecule has 20 heavy (non-hydrogen) atoms. The number of rotatable bonds is 2. The van der Waals surface area contributed by atoms with Crippen molar-refractivity contribution in [2.45, 2.75) is 38.0 Å². The first-order valence-electron chi connectivity index (χ1n) is 7.24. The van der Waals surface area contributed by atoms with Crippen molar-refractivity contribution in [1.29, 1.82) is 0 Å². The van der Waals surface area contributed by atoms with Crippen molar-refractivity contribution in [1.82, 2.24) is 5.32 Å². The average molecular weight is 292 g/mol. The van der Waals surface area contributed by atoms with Crippen LogP contribution in [0.4, 0.5) is 0 Å². The van der Waals surface area contributed by atoms with Gasteiger partial charge in [0.05, 0.1) is 0 Å². The standard InChI is InChI=1S/C16H18ClNO2/c17-12-7-5-10(6-8-12)13-9-14(19)18-16(20)15(13)11-3-1-2-4-11/h5-8,11,13,15H,1-4,9H2,(H,18,19,20). The van der Waals surface area contributed by atoms with Crippen LogP contribution in [0.2, 0.25) is 5.02 Å². The molecule has 106 valence electrons. The molecule has 1 saturated carbocycles. The summed E-state index contributed by atoms with van der Waals surface area (Å²) in [5, 5.41) is 3.19. The van der Waals surface area contributed by atoms with Crippen LogP contribution >= 0.6 is 11.6 Å². The van der Waals surface area contributed by atoms with Gasteiger partial charge in [-0.3, -0.25) is 14.9 Å². The minimum Gasteiger partial charge on any atom is -0.296 e. The predicted molar refractivity (Wildman–Crippen MR) is 77.4 cm³/mol. The third-order valence-electron chi connectivity index (χ3n) is 4.61. The molecule has 1 aliphatic carbocycles. The zero-order valence-corrected chi connectivity index (χ0v) is 12.0. The Bertz CT molecular complexity index is 520. The maximum atomic E-state index is 12.3. The van der Waals surface area contributed by atoms with Crippen molar-refractivity contribution >= 4 is 23.4 Å². The molecule has 4 heteroatoms. The fraction of sp³-hybridized carbons (Fsp3) is 0.500. The van der Waals surface area contributed by atoms with Gasteiger partial charge in [-0.2, -0.15) is 0 Å².